The summed E-state index contributed by atoms with van der Waals surface area (Å²) < 4.78 is 51.0. The van der Waals surface area contributed by atoms with Crippen LogP contribution in [0.15, 0.2) is 71.7 Å². The van der Waals surface area contributed by atoms with Gasteiger partial charge in [-0.3, -0.25) is 4.79 Å². The maximum absolute atomic E-state index is 13.2. The highest BCUT2D eigenvalue weighted by atomic mass is 32.2. The van der Waals surface area contributed by atoms with Crippen LogP contribution >= 0.6 is 23.1 Å². The molecule has 0 bridgehead atoms. The van der Waals surface area contributed by atoms with Crippen molar-refractivity contribution >= 4 is 35.5 Å². The zero-order valence-corrected chi connectivity index (χ0v) is 20.8. The quantitative estimate of drug-likeness (QED) is 0.237. The second kappa shape index (κ2) is 12.6. The van der Waals surface area contributed by atoms with Crippen LogP contribution in [0.4, 0.5) is 13.2 Å². The van der Waals surface area contributed by atoms with Gasteiger partial charge in [-0.1, -0.05) is 30.8 Å². The number of hydrogen-bond acceptors (Lipinski definition) is 7. The van der Waals surface area contributed by atoms with Crippen molar-refractivity contribution in [2.24, 2.45) is 0 Å². The molecule has 1 heterocycles. The Labute approximate surface area is 214 Å². The molecule has 0 fully saturated rings. The number of ether oxygens (including phenoxy) is 2. The molecule has 3 aromatic rings. The van der Waals surface area contributed by atoms with Crippen molar-refractivity contribution in [2.75, 3.05) is 12.9 Å². The summed E-state index contributed by atoms with van der Waals surface area (Å²) >= 11 is 2.75. The minimum atomic E-state index is -4.54. The number of thiazole rings is 1. The Morgan fingerprint density at radius 2 is 2.00 bits per heavy atom. The van der Waals surface area contributed by atoms with Gasteiger partial charge in [0.1, 0.15) is 12.4 Å². The highest BCUT2D eigenvalue weighted by molar-refractivity contribution is 7.99. The third kappa shape index (κ3) is 7.59. The number of nitrogens with zero attached hydrogens (tertiary/aromatic N) is 1. The maximum atomic E-state index is 13.2. The molecule has 2 atom stereocenters. The summed E-state index contributed by atoms with van der Waals surface area (Å²) in [6.45, 7) is 3.66. The second-order valence-electron chi connectivity index (χ2n) is 7.56. The van der Waals surface area contributed by atoms with Gasteiger partial charge in [-0.15, -0.1) is 11.3 Å². The van der Waals surface area contributed by atoms with Crippen LogP contribution in [0.2, 0.25) is 0 Å². The lowest BCUT2D eigenvalue weighted by atomic mass is 10.1. The number of rotatable bonds is 12. The smallest absolute Gasteiger partial charge is 0.416 e. The molecular formula is C25H23F3N2O4S2. The summed E-state index contributed by atoms with van der Waals surface area (Å²) in [5, 5.41) is 4.06. The van der Waals surface area contributed by atoms with E-state index in [9.17, 15) is 22.8 Å². The summed E-state index contributed by atoms with van der Waals surface area (Å²) in [5.74, 6) is -0.309. The predicted octanol–water partition coefficient (Wildman–Crippen LogP) is 5.67. The van der Waals surface area contributed by atoms with Gasteiger partial charge in [-0.25, -0.2) is 9.78 Å². The summed E-state index contributed by atoms with van der Waals surface area (Å²) in [4.78, 5) is 27.0. The van der Waals surface area contributed by atoms with Gasteiger partial charge in [0.05, 0.1) is 11.1 Å². The maximum Gasteiger partial charge on any atom is 0.416 e. The largest absolute Gasteiger partial charge is 0.489 e. The first-order chi connectivity index (χ1) is 17.2. The first kappa shape index (κ1) is 27.3. The fourth-order valence-corrected chi connectivity index (χ4v) is 4.47. The van der Waals surface area contributed by atoms with Crippen LogP contribution in [0.3, 0.4) is 0 Å². The van der Waals surface area contributed by atoms with Gasteiger partial charge in [0, 0.05) is 16.3 Å². The lowest BCUT2D eigenvalue weighted by Crippen LogP contribution is -2.21. The van der Waals surface area contributed by atoms with E-state index in [1.165, 1.54) is 34.4 Å². The molecule has 0 saturated heterocycles. The number of nitrogens with one attached hydrogen (secondary N) is 1. The number of amides is 1. The Kier molecular flexibility index (Phi) is 9.54. The summed E-state index contributed by atoms with van der Waals surface area (Å²) in [5.41, 5.74) is 2.39. The van der Waals surface area contributed by atoms with Crippen LogP contribution in [-0.2, 0) is 22.1 Å². The Morgan fingerprint density at radius 3 is 2.61 bits per heavy atom. The van der Waals surface area contributed by atoms with Crippen molar-refractivity contribution in [3.05, 3.63) is 94.1 Å². The highest BCUT2D eigenvalue weighted by Gasteiger charge is 2.31. The van der Waals surface area contributed by atoms with Gasteiger partial charge in [0.25, 0.3) is 0 Å². The van der Waals surface area contributed by atoms with Gasteiger partial charge < -0.3 is 14.8 Å². The number of hydrogen-bond donors (Lipinski definition) is 1. The number of halogens is 3. The van der Waals surface area contributed by atoms with Crippen molar-refractivity contribution < 1.29 is 32.2 Å². The van der Waals surface area contributed by atoms with Gasteiger partial charge in [0.15, 0.2) is 11.8 Å². The molecule has 0 spiro atoms. The average molecular weight is 537 g/mol. The first-order valence-corrected chi connectivity index (χ1v) is 12.8. The zero-order chi connectivity index (χ0) is 26.1. The SMILES string of the molecule is C=C(NC=O)C(Cc1ccc(OCC(OC(=O)c2cscn2)c2cccc(C(F)(F)F)c2)cc1)SC. The summed E-state index contributed by atoms with van der Waals surface area (Å²) in [7, 11) is 0. The molecule has 0 saturated carbocycles. The van der Waals surface area contributed by atoms with Crippen LogP contribution in [-0.4, -0.2) is 35.5 Å². The van der Waals surface area contributed by atoms with Gasteiger partial charge in [-0.2, -0.15) is 24.9 Å². The van der Waals surface area contributed by atoms with E-state index in [1.54, 1.807) is 23.9 Å². The first-order valence-electron chi connectivity index (χ1n) is 10.6. The molecule has 6 nitrogen and oxygen atoms in total. The van der Waals surface area contributed by atoms with Crippen LogP contribution in [0.5, 0.6) is 5.75 Å². The molecule has 2 aromatic carbocycles. The fourth-order valence-electron chi connectivity index (χ4n) is 3.24. The number of carbonyl (C=O) groups is 2. The van der Waals surface area contributed by atoms with Crippen molar-refractivity contribution in [2.45, 2.75) is 24.0 Å². The van der Waals surface area contributed by atoms with E-state index in [4.69, 9.17) is 9.47 Å². The van der Waals surface area contributed by atoms with Gasteiger partial charge in [-0.05, 0) is 48.1 Å². The topological polar surface area (TPSA) is 77.5 Å². The van der Waals surface area contributed by atoms with E-state index in [-0.39, 0.29) is 23.1 Å². The molecule has 2 unspecified atom stereocenters. The number of carbonyl (C=O) groups excluding carboxylic acids is 2. The highest BCUT2D eigenvalue weighted by Crippen LogP contribution is 2.32. The predicted molar refractivity (Wildman–Crippen MR) is 133 cm³/mol. The van der Waals surface area contributed by atoms with E-state index in [0.29, 0.717) is 24.3 Å². The fraction of sp³-hybridized carbons (Fsp3) is 0.240. The monoisotopic (exact) mass is 536 g/mol. The molecule has 1 amide bonds. The molecule has 1 N–H and O–H groups in total. The lowest BCUT2D eigenvalue weighted by molar-refractivity contribution is -0.137. The molecule has 0 radical (unpaired) electrons. The van der Waals surface area contributed by atoms with E-state index in [0.717, 1.165) is 17.7 Å². The lowest BCUT2D eigenvalue weighted by Gasteiger charge is -2.20. The molecule has 0 aliphatic carbocycles. The molecule has 0 aliphatic rings. The Bertz CT molecular complexity index is 1170. The van der Waals surface area contributed by atoms with Crippen LogP contribution < -0.4 is 10.1 Å². The molecule has 190 valence electrons. The number of alkyl halides is 3. The number of aromatic nitrogens is 1. The Hall–Kier alpha value is -3.31. The zero-order valence-electron chi connectivity index (χ0n) is 19.2. The van der Waals surface area contributed by atoms with Crippen LogP contribution in [0.25, 0.3) is 0 Å². The van der Waals surface area contributed by atoms with Gasteiger partial charge in [0.2, 0.25) is 6.41 Å². The van der Waals surface area contributed by atoms with E-state index < -0.39 is 23.8 Å². The van der Waals surface area contributed by atoms with E-state index in [2.05, 4.69) is 16.9 Å². The molecule has 36 heavy (non-hydrogen) atoms. The van der Waals surface area contributed by atoms with Crippen LogP contribution in [0, 0.1) is 0 Å². The molecule has 11 heteroatoms. The van der Waals surface area contributed by atoms with Crippen LogP contribution in [0.1, 0.15) is 33.3 Å². The molecule has 3 rings (SSSR count). The number of thioether (sulfide) groups is 1. The Balaban J connectivity index is 1.73. The van der Waals surface area contributed by atoms with Crippen molar-refractivity contribution in [3.63, 3.8) is 0 Å². The third-order valence-electron chi connectivity index (χ3n) is 5.14. The number of benzene rings is 2. The van der Waals surface area contributed by atoms with Crippen molar-refractivity contribution in [3.8, 4) is 5.75 Å². The summed E-state index contributed by atoms with van der Waals surface area (Å²) in [6, 6.07) is 11.7. The minimum Gasteiger partial charge on any atom is -0.489 e. The summed E-state index contributed by atoms with van der Waals surface area (Å²) in [6.07, 6.45) is -2.51. The standard InChI is InChI=1S/C25H23F3N2O4S2/c1-16(29-14-31)23(35-2)10-17-6-8-20(9-7-17)33-12-22(34-24(32)21-13-36-15-30-21)18-4-3-5-19(11-18)25(26,27)28/h3-9,11,13-15,22-23H,1,10,12H2,2H3,(H,29,31). The Morgan fingerprint density at radius 1 is 1.25 bits per heavy atom. The second-order valence-corrected chi connectivity index (χ2v) is 9.32. The minimum absolute atomic E-state index is 0.0163. The molecule has 0 aliphatic heterocycles. The molecular weight excluding hydrogens is 513 g/mol. The third-order valence-corrected chi connectivity index (χ3v) is 6.75. The van der Waals surface area contributed by atoms with Crippen molar-refractivity contribution in [1.82, 2.24) is 10.3 Å². The average Bonchev–Trinajstić information content (AvgIpc) is 3.41. The van der Waals surface area contributed by atoms with Gasteiger partial charge >= 0.3 is 12.1 Å². The normalized spacial score (nSPS) is 12.9. The van der Waals surface area contributed by atoms with Crippen molar-refractivity contribution in [1.29, 1.82) is 0 Å². The number of esters is 1. The molecule has 1 aromatic heterocycles. The van der Waals surface area contributed by atoms with E-state index >= 15 is 0 Å². The van der Waals surface area contributed by atoms with E-state index in [1.807, 2.05) is 18.4 Å².